The Hall–Kier alpha value is -2.13. The summed E-state index contributed by atoms with van der Waals surface area (Å²) < 4.78 is 14.3. The molecule has 0 bridgehead atoms. The first-order chi connectivity index (χ1) is 14.2. The van der Waals surface area contributed by atoms with Crippen LogP contribution in [-0.4, -0.2) is 33.4 Å². The molecule has 1 aliphatic rings. The van der Waals surface area contributed by atoms with Crippen molar-refractivity contribution in [3.8, 4) is 0 Å². The van der Waals surface area contributed by atoms with Gasteiger partial charge in [-0.15, -0.1) is 0 Å². The maximum atomic E-state index is 14.6. The number of carbonyl (C=O) groups is 2. The van der Waals surface area contributed by atoms with Crippen molar-refractivity contribution in [1.29, 1.82) is 0 Å². The molecule has 0 aliphatic heterocycles. The smallest absolute Gasteiger partial charge is 0.328 e. The lowest BCUT2D eigenvalue weighted by molar-refractivity contribution is -0.138. The number of hydrogen-bond donors (Lipinski definition) is 2. The largest absolute Gasteiger partial charge is 0.480 e. The summed E-state index contributed by atoms with van der Waals surface area (Å²) in [5.74, 6) is -1.01. The van der Waals surface area contributed by atoms with Crippen LogP contribution in [-0.2, 0) is 4.79 Å². The van der Waals surface area contributed by atoms with Gasteiger partial charge in [0.25, 0.3) is 0 Å². The Labute approximate surface area is 183 Å². The molecule has 0 spiro atoms. The first-order valence-corrected chi connectivity index (χ1v) is 11.5. The lowest BCUT2D eigenvalue weighted by Crippen LogP contribution is -2.38. The maximum absolute atomic E-state index is 14.6. The first kappa shape index (κ1) is 22.6. The van der Waals surface area contributed by atoms with Gasteiger partial charge >= 0.3 is 12.0 Å². The molecule has 162 valence electrons. The molecule has 3 rings (SSSR count). The van der Waals surface area contributed by atoms with Crippen LogP contribution in [0.1, 0.15) is 45.1 Å². The van der Waals surface area contributed by atoms with E-state index in [0.29, 0.717) is 21.8 Å². The molecule has 6 nitrogen and oxygen atoms in total. The molecule has 0 unspecified atom stereocenters. The van der Waals surface area contributed by atoms with Crippen molar-refractivity contribution in [2.24, 2.45) is 5.92 Å². The average molecular weight is 452 g/mol. The number of carboxylic acid groups (broad SMARTS) is 1. The van der Waals surface area contributed by atoms with E-state index in [1.54, 1.807) is 32.2 Å². The van der Waals surface area contributed by atoms with Gasteiger partial charge in [0, 0.05) is 6.54 Å². The Morgan fingerprint density at radius 1 is 1.37 bits per heavy atom. The van der Waals surface area contributed by atoms with Gasteiger partial charge in [0.05, 0.1) is 16.1 Å². The number of urea groups is 1. The first-order valence-electron chi connectivity index (χ1n) is 9.88. The Morgan fingerprint density at radius 3 is 2.70 bits per heavy atom. The molecule has 30 heavy (non-hydrogen) atoms. The van der Waals surface area contributed by atoms with Crippen LogP contribution in [0.25, 0.3) is 0 Å². The number of carboxylic acids is 1. The summed E-state index contributed by atoms with van der Waals surface area (Å²) in [4.78, 5) is 30.0. The van der Waals surface area contributed by atoms with Crippen LogP contribution in [0, 0.1) is 18.7 Å². The lowest BCUT2D eigenvalue weighted by Gasteiger charge is -2.26. The fourth-order valence-corrected chi connectivity index (χ4v) is 5.65. The standard InChI is InChI=1S/C21H26FN3O3S2/c1-13-8-9-16(15(22)10-13)25(12-14-6-4-5-7-14)20(28)24-19-23-11-17(29-19)30-21(2,3)18(26)27/h8-11,14H,4-7,12H2,1-3H3,(H,26,27)(H,23,24,28). The van der Waals surface area contributed by atoms with Crippen molar-refractivity contribution < 1.29 is 19.1 Å². The second-order valence-corrected chi connectivity index (χ2v) is 11.0. The minimum atomic E-state index is -1.01. The summed E-state index contributed by atoms with van der Waals surface area (Å²) in [5, 5.41) is 12.4. The molecule has 1 aliphatic carbocycles. The third-order valence-electron chi connectivity index (χ3n) is 5.12. The van der Waals surface area contributed by atoms with Crippen LogP contribution in [0.3, 0.4) is 0 Å². The number of anilines is 2. The Kier molecular flexibility index (Phi) is 7.02. The molecular weight excluding hydrogens is 425 g/mol. The van der Waals surface area contributed by atoms with E-state index in [4.69, 9.17) is 0 Å². The predicted octanol–water partition coefficient (Wildman–Crippen LogP) is 5.77. The topological polar surface area (TPSA) is 82.5 Å². The monoisotopic (exact) mass is 451 g/mol. The highest BCUT2D eigenvalue weighted by atomic mass is 32.2. The van der Waals surface area contributed by atoms with Gasteiger partial charge in [0.1, 0.15) is 10.6 Å². The second-order valence-electron chi connectivity index (χ2n) is 8.05. The van der Waals surface area contributed by atoms with Gasteiger partial charge in [-0.1, -0.05) is 42.0 Å². The highest BCUT2D eigenvalue weighted by Gasteiger charge is 2.30. The van der Waals surface area contributed by atoms with Crippen molar-refractivity contribution in [1.82, 2.24) is 4.98 Å². The summed E-state index contributed by atoms with van der Waals surface area (Å²) in [6.07, 6.45) is 5.86. The number of aromatic nitrogens is 1. The fraction of sp³-hybridized carbons (Fsp3) is 0.476. The summed E-state index contributed by atoms with van der Waals surface area (Å²) in [6.45, 7) is 5.48. The molecule has 1 fully saturated rings. The molecule has 1 saturated carbocycles. The molecule has 2 aromatic rings. The minimum absolute atomic E-state index is 0.253. The molecule has 0 saturated heterocycles. The molecule has 2 amide bonds. The molecule has 0 atom stereocenters. The molecule has 9 heteroatoms. The zero-order valence-corrected chi connectivity index (χ0v) is 18.9. The van der Waals surface area contributed by atoms with Crippen LogP contribution in [0.15, 0.2) is 28.6 Å². The fourth-order valence-electron chi connectivity index (χ4n) is 3.39. The van der Waals surface area contributed by atoms with Crippen LogP contribution in [0.2, 0.25) is 0 Å². The Balaban J connectivity index is 1.77. The van der Waals surface area contributed by atoms with Gasteiger partial charge in [0.15, 0.2) is 5.13 Å². The van der Waals surface area contributed by atoms with Crippen molar-refractivity contribution in [2.45, 2.75) is 55.4 Å². The van der Waals surface area contributed by atoms with Crippen LogP contribution >= 0.6 is 23.1 Å². The van der Waals surface area contributed by atoms with Crippen molar-refractivity contribution >= 4 is 45.9 Å². The number of nitrogens with one attached hydrogen (secondary N) is 1. The number of aliphatic carboxylic acids is 1. The van der Waals surface area contributed by atoms with Gasteiger partial charge in [-0.2, -0.15) is 0 Å². The van der Waals surface area contributed by atoms with E-state index in [-0.39, 0.29) is 5.69 Å². The van der Waals surface area contributed by atoms with E-state index in [2.05, 4.69) is 10.3 Å². The van der Waals surface area contributed by atoms with Crippen molar-refractivity contribution in [3.05, 3.63) is 35.8 Å². The number of thiazole rings is 1. The summed E-state index contributed by atoms with van der Waals surface area (Å²) in [5.41, 5.74) is 1.04. The average Bonchev–Trinajstić information content (AvgIpc) is 3.32. The van der Waals surface area contributed by atoms with Gasteiger partial charge in [-0.05, 0) is 57.2 Å². The highest BCUT2D eigenvalue weighted by molar-refractivity contribution is 8.03. The Morgan fingerprint density at radius 2 is 2.07 bits per heavy atom. The van der Waals surface area contributed by atoms with Gasteiger partial charge < -0.3 is 5.11 Å². The molecule has 1 heterocycles. The maximum Gasteiger partial charge on any atom is 0.328 e. The third-order valence-corrected chi connectivity index (χ3v) is 7.32. The summed E-state index contributed by atoms with van der Waals surface area (Å²) in [6, 6.07) is 4.42. The number of thioether (sulfide) groups is 1. The van der Waals surface area contributed by atoms with Gasteiger partial charge in [-0.3, -0.25) is 15.0 Å². The van der Waals surface area contributed by atoms with Crippen molar-refractivity contribution in [2.75, 3.05) is 16.8 Å². The molecule has 2 N–H and O–H groups in total. The second kappa shape index (κ2) is 9.34. The van der Waals surface area contributed by atoms with E-state index >= 15 is 0 Å². The van der Waals surface area contributed by atoms with E-state index in [0.717, 1.165) is 31.2 Å². The normalized spacial score (nSPS) is 14.7. The van der Waals surface area contributed by atoms with Gasteiger partial charge in [-0.25, -0.2) is 14.2 Å². The zero-order chi connectivity index (χ0) is 21.9. The quantitative estimate of drug-likeness (QED) is 0.522. The number of halogens is 1. The van der Waals surface area contributed by atoms with E-state index < -0.39 is 22.6 Å². The minimum Gasteiger partial charge on any atom is -0.480 e. The number of rotatable bonds is 7. The van der Waals surface area contributed by atoms with E-state index in [1.807, 2.05) is 6.92 Å². The van der Waals surface area contributed by atoms with E-state index in [9.17, 15) is 19.1 Å². The summed E-state index contributed by atoms with van der Waals surface area (Å²) >= 11 is 2.37. The van der Waals surface area contributed by atoms with Crippen LogP contribution < -0.4 is 10.2 Å². The molecular formula is C21H26FN3O3S2. The number of aryl methyl sites for hydroxylation is 1. The number of carbonyl (C=O) groups excluding carboxylic acids is 1. The molecule has 0 radical (unpaired) electrons. The zero-order valence-electron chi connectivity index (χ0n) is 17.3. The summed E-state index contributed by atoms with van der Waals surface area (Å²) in [7, 11) is 0. The van der Waals surface area contributed by atoms with E-state index in [1.165, 1.54) is 34.1 Å². The Bertz CT molecular complexity index is 926. The number of amides is 2. The predicted molar refractivity (Wildman–Crippen MR) is 119 cm³/mol. The van der Waals surface area contributed by atoms with Crippen LogP contribution in [0.4, 0.5) is 20.0 Å². The number of hydrogen-bond acceptors (Lipinski definition) is 5. The van der Waals surface area contributed by atoms with Gasteiger partial charge in [0.2, 0.25) is 0 Å². The van der Waals surface area contributed by atoms with Crippen LogP contribution in [0.5, 0.6) is 0 Å². The molecule has 1 aromatic heterocycles. The highest BCUT2D eigenvalue weighted by Crippen LogP contribution is 2.38. The third kappa shape index (κ3) is 5.51. The SMILES string of the molecule is Cc1ccc(N(CC2CCCC2)C(=O)Nc2ncc(SC(C)(C)C(=O)O)s2)c(F)c1. The number of benzene rings is 1. The van der Waals surface area contributed by atoms with Crippen molar-refractivity contribution in [3.63, 3.8) is 0 Å². The number of nitrogens with zero attached hydrogens (tertiary/aromatic N) is 2. The lowest BCUT2D eigenvalue weighted by atomic mass is 10.1. The molecule has 1 aromatic carbocycles.